The highest BCUT2D eigenvalue weighted by Crippen LogP contribution is 2.36. The Kier molecular flexibility index (Phi) is 2.74. The number of nitrogens with zero attached hydrogens (tertiary/aromatic N) is 2. The SMILES string of the molecule is CC(C)c1nn(C2CCC2)c2cc(Br)ccc12. The first kappa shape index (κ1) is 11.3. The minimum atomic E-state index is 0.486. The lowest BCUT2D eigenvalue weighted by molar-refractivity contribution is 0.295. The van der Waals surface area contributed by atoms with Gasteiger partial charge in [-0.2, -0.15) is 5.10 Å². The topological polar surface area (TPSA) is 17.8 Å². The fraction of sp³-hybridized carbons (Fsp3) is 0.500. The van der Waals surface area contributed by atoms with E-state index in [2.05, 4.69) is 52.7 Å². The summed E-state index contributed by atoms with van der Waals surface area (Å²) in [5, 5.41) is 6.16. The third-order valence-corrected chi connectivity index (χ3v) is 4.16. The minimum Gasteiger partial charge on any atom is -0.261 e. The molecule has 1 fully saturated rings. The standard InChI is InChI=1S/C14H17BrN2/c1-9(2)14-12-7-6-10(15)8-13(12)17(16-14)11-4-3-5-11/h6-9,11H,3-5H2,1-2H3. The minimum absolute atomic E-state index is 0.486. The molecule has 3 rings (SSSR count). The van der Waals surface area contributed by atoms with E-state index in [0.717, 1.165) is 4.47 Å². The maximum atomic E-state index is 4.85. The third kappa shape index (κ3) is 1.81. The van der Waals surface area contributed by atoms with Crippen molar-refractivity contribution in [3.63, 3.8) is 0 Å². The Morgan fingerprint density at radius 2 is 2.12 bits per heavy atom. The van der Waals surface area contributed by atoms with Gasteiger partial charge in [0.1, 0.15) is 0 Å². The van der Waals surface area contributed by atoms with Gasteiger partial charge in [0.2, 0.25) is 0 Å². The van der Waals surface area contributed by atoms with Gasteiger partial charge in [0.25, 0.3) is 0 Å². The predicted molar refractivity (Wildman–Crippen MR) is 74.4 cm³/mol. The largest absolute Gasteiger partial charge is 0.261 e. The van der Waals surface area contributed by atoms with Crippen molar-refractivity contribution in [1.82, 2.24) is 9.78 Å². The zero-order chi connectivity index (χ0) is 12.0. The molecule has 0 spiro atoms. The van der Waals surface area contributed by atoms with Crippen LogP contribution in [0.1, 0.15) is 50.8 Å². The van der Waals surface area contributed by atoms with Gasteiger partial charge < -0.3 is 0 Å². The third-order valence-electron chi connectivity index (χ3n) is 3.67. The Hall–Kier alpha value is -0.830. The molecule has 17 heavy (non-hydrogen) atoms. The number of fused-ring (bicyclic) bond motifs is 1. The molecule has 0 amide bonds. The van der Waals surface area contributed by atoms with Crippen LogP contribution in [-0.4, -0.2) is 9.78 Å². The van der Waals surface area contributed by atoms with Crippen molar-refractivity contribution in [2.24, 2.45) is 0 Å². The van der Waals surface area contributed by atoms with Gasteiger partial charge in [-0.1, -0.05) is 29.8 Å². The highest BCUT2D eigenvalue weighted by atomic mass is 79.9. The van der Waals surface area contributed by atoms with E-state index in [0.29, 0.717) is 12.0 Å². The van der Waals surface area contributed by atoms with Crippen molar-refractivity contribution in [1.29, 1.82) is 0 Å². The molecule has 1 heterocycles. The smallest absolute Gasteiger partial charge is 0.0728 e. The van der Waals surface area contributed by atoms with Crippen molar-refractivity contribution in [3.8, 4) is 0 Å². The summed E-state index contributed by atoms with van der Waals surface area (Å²) >= 11 is 3.56. The Morgan fingerprint density at radius 1 is 1.35 bits per heavy atom. The fourth-order valence-corrected chi connectivity index (χ4v) is 2.82. The molecule has 0 saturated heterocycles. The molecule has 0 unspecified atom stereocenters. The normalized spacial score (nSPS) is 16.7. The van der Waals surface area contributed by atoms with Crippen molar-refractivity contribution in [2.75, 3.05) is 0 Å². The van der Waals surface area contributed by atoms with Crippen LogP contribution in [0, 0.1) is 0 Å². The number of rotatable bonds is 2. The summed E-state index contributed by atoms with van der Waals surface area (Å²) < 4.78 is 3.39. The Bertz CT molecular complexity index is 553. The van der Waals surface area contributed by atoms with Gasteiger partial charge >= 0.3 is 0 Å². The molecule has 1 aliphatic carbocycles. The van der Waals surface area contributed by atoms with Gasteiger partial charge in [-0.25, -0.2) is 0 Å². The molecule has 1 aromatic carbocycles. The number of hydrogen-bond acceptors (Lipinski definition) is 1. The van der Waals surface area contributed by atoms with Crippen molar-refractivity contribution in [2.45, 2.75) is 45.1 Å². The maximum Gasteiger partial charge on any atom is 0.0728 e. The fourth-order valence-electron chi connectivity index (χ4n) is 2.47. The molecular formula is C14H17BrN2. The van der Waals surface area contributed by atoms with E-state index in [1.54, 1.807) is 0 Å². The van der Waals surface area contributed by atoms with Crippen LogP contribution in [0.2, 0.25) is 0 Å². The van der Waals surface area contributed by atoms with E-state index < -0.39 is 0 Å². The molecule has 0 N–H and O–H groups in total. The van der Waals surface area contributed by atoms with Crippen LogP contribution < -0.4 is 0 Å². The first-order valence-corrected chi connectivity index (χ1v) is 7.14. The van der Waals surface area contributed by atoms with Gasteiger partial charge in [-0.3, -0.25) is 4.68 Å². The van der Waals surface area contributed by atoms with E-state index in [4.69, 9.17) is 5.10 Å². The second-order valence-corrected chi connectivity index (χ2v) is 6.15. The van der Waals surface area contributed by atoms with Crippen molar-refractivity contribution < 1.29 is 0 Å². The number of halogens is 1. The second kappa shape index (κ2) is 4.13. The molecule has 0 bridgehead atoms. The molecule has 0 aliphatic heterocycles. The zero-order valence-electron chi connectivity index (χ0n) is 10.3. The molecule has 2 aromatic rings. The highest BCUT2D eigenvalue weighted by molar-refractivity contribution is 9.10. The van der Waals surface area contributed by atoms with Crippen LogP contribution in [0.3, 0.4) is 0 Å². The lowest BCUT2D eigenvalue weighted by Crippen LogP contribution is -2.18. The van der Waals surface area contributed by atoms with Gasteiger partial charge in [0, 0.05) is 9.86 Å². The Labute approximate surface area is 110 Å². The van der Waals surface area contributed by atoms with Crippen LogP contribution in [0.4, 0.5) is 0 Å². The zero-order valence-corrected chi connectivity index (χ0v) is 11.9. The summed E-state index contributed by atoms with van der Waals surface area (Å²) in [5.74, 6) is 0.486. The number of benzene rings is 1. The molecule has 1 saturated carbocycles. The summed E-state index contributed by atoms with van der Waals surface area (Å²) in [6.45, 7) is 4.43. The Morgan fingerprint density at radius 3 is 2.71 bits per heavy atom. The molecule has 2 nitrogen and oxygen atoms in total. The monoisotopic (exact) mass is 292 g/mol. The van der Waals surface area contributed by atoms with Crippen LogP contribution in [-0.2, 0) is 0 Å². The molecule has 1 aromatic heterocycles. The van der Waals surface area contributed by atoms with Crippen LogP contribution in [0.15, 0.2) is 22.7 Å². The number of aromatic nitrogens is 2. The van der Waals surface area contributed by atoms with Gasteiger partial charge in [-0.05, 0) is 43.4 Å². The average Bonchev–Trinajstić information content (AvgIpc) is 2.55. The first-order chi connectivity index (χ1) is 8.16. The van der Waals surface area contributed by atoms with Crippen LogP contribution in [0.25, 0.3) is 10.9 Å². The van der Waals surface area contributed by atoms with Crippen molar-refractivity contribution in [3.05, 3.63) is 28.4 Å². The predicted octanol–water partition coefficient (Wildman–Crippen LogP) is 4.65. The van der Waals surface area contributed by atoms with E-state index in [1.807, 2.05) is 0 Å². The number of hydrogen-bond donors (Lipinski definition) is 0. The molecule has 0 radical (unpaired) electrons. The van der Waals surface area contributed by atoms with E-state index in [9.17, 15) is 0 Å². The maximum absolute atomic E-state index is 4.85. The molecular weight excluding hydrogens is 276 g/mol. The van der Waals surface area contributed by atoms with Gasteiger partial charge in [0.05, 0.1) is 17.3 Å². The van der Waals surface area contributed by atoms with E-state index in [1.165, 1.54) is 35.9 Å². The summed E-state index contributed by atoms with van der Waals surface area (Å²) in [4.78, 5) is 0. The molecule has 0 atom stereocenters. The first-order valence-electron chi connectivity index (χ1n) is 6.34. The van der Waals surface area contributed by atoms with Crippen LogP contribution >= 0.6 is 15.9 Å². The van der Waals surface area contributed by atoms with Crippen LogP contribution in [0.5, 0.6) is 0 Å². The summed E-state index contributed by atoms with van der Waals surface area (Å²) in [6, 6.07) is 7.13. The molecule has 3 heteroatoms. The summed E-state index contributed by atoms with van der Waals surface area (Å²) in [5.41, 5.74) is 2.52. The molecule has 90 valence electrons. The second-order valence-electron chi connectivity index (χ2n) is 5.23. The summed E-state index contributed by atoms with van der Waals surface area (Å²) in [6.07, 6.45) is 3.90. The lowest BCUT2D eigenvalue weighted by Gasteiger charge is -2.26. The van der Waals surface area contributed by atoms with Gasteiger partial charge in [0.15, 0.2) is 0 Å². The van der Waals surface area contributed by atoms with Crippen molar-refractivity contribution >= 4 is 26.8 Å². The quantitative estimate of drug-likeness (QED) is 0.788. The van der Waals surface area contributed by atoms with E-state index in [-0.39, 0.29) is 0 Å². The highest BCUT2D eigenvalue weighted by Gasteiger charge is 2.24. The molecule has 1 aliphatic rings. The summed E-state index contributed by atoms with van der Waals surface area (Å²) in [7, 11) is 0. The Balaban J connectivity index is 2.22. The van der Waals surface area contributed by atoms with E-state index >= 15 is 0 Å². The average molecular weight is 293 g/mol. The van der Waals surface area contributed by atoms with Gasteiger partial charge in [-0.15, -0.1) is 0 Å². The lowest BCUT2D eigenvalue weighted by atomic mass is 9.93.